The highest BCUT2D eigenvalue weighted by Gasteiger charge is 2.37. The average Bonchev–Trinajstić information content (AvgIpc) is 2.85. The number of hydrazone groups is 1. The number of allylic oxidation sites excluding steroid dienone is 2. The molecule has 0 radical (unpaired) electrons. The number of rotatable bonds is 3. The topological polar surface area (TPSA) is 56.7 Å². The minimum absolute atomic E-state index is 0.0259. The van der Waals surface area contributed by atoms with E-state index in [0.29, 0.717) is 0 Å². The molecule has 0 saturated heterocycles. The van der Waals surface area contributed by atoms with Crippen molar-refractivity contribution in [2.75, 3.05) is 17.3 Å². The number of halogens is 3. The Hall–Kier alpha value is -3.29. The van der Waals surface area contributed by atoms with Gasteiger partial charge in [0, 0.05) is 35.7 Å². The van der Waals surface area contributed by atoms with Crippen molar-refractivity contribution in [1.29, 1.82) is 0 Å². The highest BCUT2D eigenvalue weighted by molar-refractivity contribution is 5.90. The maximum atomic E-state index is 12.7. The molecule has 0 aromatic heterocycles. The Morgan fingerprint density at radius 2 is 1.86 bits per heavy atom. The predicted molar refractivity (Wildman–Crippen MR) is 108 cm³/mol. The largest absolute Gasteiger partial charge is 0.416 e. The van der Waals surface area contributed by atoms with Crippen LogP contribution in [0.15, 0.2) is 65.4 Å². The lowest BCUT2D eigenvalue weighted by atomic mass is 9.84. The molecule has 2 N–H and O–H groups in total. The first kappa shape index (κ1) is 20.4. The van der Waals surface area contributed by atoms with Crippen molar-refractivity contribution in [3.05, 3.63) is 71.4 Å². The van der Waals surface area contributed by atoms with Crippen molar-refractivity contribution in [2.45, 2.75) is 25.4 Å². The van der Waals surface area contributed by atoms with Crippen LogP contribution < -0.4 is 15.6 Å². The van der Waals surface area contributed by atoms with Crippen molar-refractivity contribution < 1.29 is 18.0 Å². The highest BCUT2D eigenvalue weighted by atomic mass is 19.4. The molecule has 152 valence electrons. The fraction of sp³-hybridized carbons (Fsp3) is 0.238. The molecular weight excluding hydrogens is 381 g/mol. The summed E-state index contributed by atoms with van der Waals surface area (Å²) in [6.45, 7) is 4.20. The number of likely N-dealkylation sites (N-methyl/N-ethyl adjacent to an activating group) is 1. The van der Waals surface area contributed by atoms with E-state index in [1.807, 2.05) is 25.2 Å². The number of urea groups is 1. The van der Waals surface area contributed by atoms with Crippen LogP contribution in [0.2, 0.25) is 0 Å². The van der Waals surface area contributed by atoms with Crippen LogP contribution in [-0.4, -0.2) is 19.3 Å². The summed E-state index contributed by atoms with van der Waals surface area (Å²) in [6.07, 6.45) is -1.23. The SMILES string of the molecule is CN1/C(=C/C=N/NC(=O)Nc2cccc(C(F)(F)F)c2)C(C)(C)c2ccccc21. The molecule has 1 aliphatic rings. The van der Waals surface area contributed by atoms with E-state index in [1.54, 1.807) is 6.08 Å². The molecule has 0 fully saturated rings. The summed E-state index contributed by atoms with van der Waals surface area (Å²) in [5.41, 5.74) is 4.51. The summed E-state index contributed by atoms with van der Waals surface area (Å²) in [5.74, 6) is 0. The Bertz CT molecular complexity index is 980. The molecule has 0 saturated carbocycles. The Labute approximate surface area is 166 Å². The standard InChI is InChI=1S/C21H21F3N4O/c1-20(2)16-9-4-5-10-17(16)28(3)18(20)11-12-25-27-19(29)26-15-8-6-7-14(13-15)21(22,23)24/h4-13H,1-3H3,(H2,26,27,29)/b18-11+,25-12+. The van der Waals surface area contributed by atoms with Gasteiger partial charge in [-0.15, -0.1) is 0 Å². The number of carbonyl (C=O) groups is 1. The van der Waals surface area contributed by atoms with Crippen LogP contribution in [0, 0.1) is 0 Å². The molecule has 0 atom stereocenters. The molecule has 3 rings (SSSR count). The number of carbonyl (C=O) groups excluding carboxylic acids is 1. The third kappa shape index (κ3) is 4.26. The van der Waals surface area contributed by atoms with E-state index in [4.69, 9.17) is 0 Å². The molecule has 5 nitrogen and oxygen atoms in total. The first-order valence-electron chi connectivity index (χ1n) is 8.92. The van der Waals surface area contributed by atoms with E-state index in [0.717, 1.165) is 23.5 Å². The van der Waals surface area contributed by atoms with Crippen molar-refractivity contribution in [3.8, 4) is 0 Å². The fourth-order valence-corrected chi connectivity index (χ4v) is 3.44. The minimum Gasteiger partial charge on any atom is -0.347 e. The van der Waals surface area contributed by atoms with Crippen molar-refractivity contribution >= 4 is 23.6 Å². The van der Waals surface area contributed by atoms with Crippen LogP contribution in [0.5, 0.6) is 0 Å². The van der Waals surface area contributed by atoms with Crippen molar-refractivity contribution in [2.24, 2.45) is 5.10 Å². The van der Waals surface area contributed by atoms with E-state index in [2.05, 4.69) is 40.7 Å². The molecule has 0 unspecified atom stereocenters. The van der Waals surface area contributed by atoms with Gasteiger partial charge in [0.05, 0.1) is 5.56 Å². The molecule has 1 heterocycles. The normalized spacial score (nSPS) is 16.9. The molecular formula is C21H21F3N4O. The number of alkyl halides is 3. The van der Waals surface area contributed by atoms with Gasteiger partial charge in [-0.2, -0.15) is 18.3 Å². The van der Waals surface area contributed by atoms with Crippen LogP contribution in [0.4, 0.5) is 29.3 Å². The van der Waals surface area contributed by atoms with E-state index < -0.39 is 17.8 Å². The molecule has 0 aliphatic carbocycles. The second-order valence-electron chi connectivity index (χ2n) is 7.18. The first-order chi connectivity index (χ1) is 13.6. The highest BCUT2D eigenvalue weighted by Crippen LogP contribution is 2.46. The predicted octanol–water partition coefficient (Wildman–Crippen LogP) is 5.12. The van der Waals surface area contributed by atoms with Gasteiger partial charge in [0.25, 0.3) is 0 Å². The zero-order valence-electron chi connectivity index (χ0n) is 16.2. The summed E-state index contributed by atoms with van der Waals surface area (Å²) >= 11 is 0. The summed E-state index contributed by atoms with van der Waals surface area (Å²) in [7, 11) is 1.96. The van der Waals surface area contributed by atoms with E-state index in [-0.39, 0.29) is 11.1 Å². The first-order valence-corrected chi connectivity index (χ1v) is 8.92. The number of fused-ring (bicyclic) bond motifs is 1. The lowest BCUT2D eigenvalue weighted by Crippen LogP contribution is -2.25. The number of hydrogen-bond acceptors (Lipinski definition) is 3. The smallest absolute Gasteiger partial charge is 0.347 e. The molecule has 0 bridgehead atoms. The van der Waals surface area contributed by atoms with Gasteiger partial charge in [0.2, 0.25) is 0 Å². The minimum atomic E-state index is -4.48. The van der Waals surface area contributed by atoms with Gasteiger partial charge in [0.1, 0.15) is 0 Å². The lowest BCUT2D eigenvalue weighted by molar-refractivity contribution is -0.137. The monoisotopic (exact) mass is 402 g/mol. The Balaban J connectivity index is 1.64. The second-order valence-corrected chi connectivity index (χ2v) is 7.18. The lowest BCUT2D eigenvalue weighted by Gasteiger charge is -2.23. The van der Waals surface area contributed by atoms with Crippen LogP contribution >= 0.6 is 0 Å². The number of amides is 2. The number of nitrogens with one attached hydrogen (secondary N) is 2. The number of para-hydroxylation sites is 1. The van der Waals surface area contributed by atoms with Crippen molar-refractivity contribution in [3.63, 3.8) is 0 Å². The zero-order chi connectivity index (χ0) is 21.2. The van der Waals surface area contributed by atoms with Crippen LogP contribution in [-0.2, 0) is 11.6 Å². The summed E-state index contributed by atoms with van der Waals surface area (Å²) in [6, 6.07) is 11.7. The molecule has 8 heteroatoms. The third-order valence-electron chi connectivity index (χ3n) is 4.86. The van der Waals surface area contributed by atoms with Gasteiger partial charge in [-0.05, 0) is 35.9 Å². The molecule has 1 aliphatic heterocycles. The molecule has 2 aromatic carbocycles. The molecule has 2 aromatic rings. The van der Waals surface area contributed by atoms with E-state index >= 15 is 0 Å². The third-order valence-corrected chi connectivity index (χ3v) is 4.86. The summed E-state index contributed by atoms with van der Waals surface area (Å²) in [5, 5.41) is 6.18. The number of benzene rings is 2. The van der Waals surface area contributed by atoms with Crippen LogP contribution in [0.1, 0.15) is 25.0 Å². The fourth-order valence-electron chi connectivity index (χ4n) is 3.44. The zero-order valence-corrected chi connectivity index (χ0v) is 16.2. The Kier molecular flexibility index (Phi) is 5.37. The number of anilines is 2. The summed E-state index contributed by atoms with van der Waals surface area (Å²) < 4.78 is 38.2. The van der Waals surface area contributed by atoms with Crippen molar-refractivity contribution in [1.82, 2.24) is 5.43 Å². The van der Waals surface area contributed by atoms with Gasteiger partial charge in [0.15, 0.2) is 0 Å². The van der Waals surface area contributed by atoms with Gasteiger partial charge >= 0.3 is 12.2 Å². The van der Waals surface area contributed by atoms with Gasteiger partial charge in [-0.25, -0.2) is 10.2 Å². The van der Waals surface area contributed by atoms with Gasteiger partial charge in [-0.3, -0.25) is 0 Å². The molecule has 29 heavy (non-hydrogen) atoms. The quantitative estimate of drug-likeness (QED) is 0.553. The summed E-state index contributed by atoms with van der Waals surface area (Å²) in [4.78, 5) is 14.0. The van der Waals surface area contributed by atoms with Crippen LogP contribution in [0.3, 0.4) is 0 Å². The maximum Gasteiger partial charge on any atom is 0.416 e. The van der Waals surface area contributed by atoms with E-state index in [9.17, 15) is 18.0 Å². The maximum absolute atomic E-state index is 12.7. The Morgan fingerprint density at radius 3 is 2.55 bits per heavy atom. The van der Waals surface area contributed by atoms with Gasteiger partial charge in [-0.1, -0.05) is 38.1 Å². The Morgan fingerprint density at radius 1 is 1.14 bits per heavy atom. The van der Waals surface area contributed by atoms with Gasteiger partial charge < -0.3 is 10.2 Å². The average molecular weight is 402 g/mol. The number of nitrogens with zero attached hydrogens (tertiary/aromatic N) is 2. The molecule has 2 amide bonds. The number of hydrogen-bond donors (Lipinski definition) is 2. The van der Waals surface area contributed by atoms with E-state index in [1.165, 1.54) is 23.9 Å². The van der Waals surface area contributed by atoms with Crippen LogP contribution in [0.25, 0.3) is 0 Å². The second kappa shape index (κ2) is 7.62. The molecule has 0 spiro atoms.